The van der Waals surface area contributed by atoms with Crippen LogP contribution in [-0.2, 0) is 9.53 Å². The van der Waals surface area contributed by atoms with Crippen LogP contribution < -0.4 is 4.74 Å². The molecule has 0 N–H and O–H groups in total. The number of alkyl halides is 3. The van der Waals surface area contributed by atoms with E-state index in [9.17, 15) is 18.0 Å². The van der Waals surface area contributed by atoms with Gasteiger partial charge in [-0.3, -0.25) is 4.79 Å². The minimum absolute atomic E-state index is 0.0653. The molecule has 1 saturated carbocycles. The van der Waals surface area contributed by atoms with Gasteiger partial charge in [0.1, 0.15) is 12.1 Å². The number of halogens is 3. The number of esters is 1. The number of nitrogens with zero attached hydrogens (tertiary/aromatic N) is 3. The Balaban J connectivity index is 1.61. The fourth-order valence-electron chi connectivity index (χ4n) is 3.24. The summed E-state index contributed by atoms with van der Waals surface area (Å²) in [4.78, 5) is 16.1. The van der Waals surface area contributed by atoms with Crippen molar-refractivity contribution in [2.75, 3.05) is 6.61 Å². The number of rotatable bonds is 5. The molecule has 0 amide bonds. The Morgan fingerprint density at radius 1 is 1.19 bits per heavy atom. The van der Waals surface area contributed by atoms with E-state index in [0.717, 1.165) is 25.7 Å². The van der Waals surface area contributed by atoms with Gasteiger partial charge in [0, 0.05) is 5.92 Å². The number of hydrogen-bond acceptors (Lipinski definition) is 5. The molecule has 1 heterocycles. The predicted octanol–water partition coefficient (Wildman–Crippen LogP) is 4.00. The lowest BCUT2D eigenvalue weighted by Crippen LogP contribution is -2.23. The van der Waals surface area contributed by atoms with Gasteiger partial charge in [-0.25, -0.2) is 9.67 Å². The van der Waals surface area contributed by atoms with Crippen LogP contribution in [0.1, 0.15) is 44.3 Å². The van der Waals surface area contributed by atoms with E-state index in [1.165, 1.54) is 35.3 Å². The van der Waals surface area contributed by atoms with E-state index < -0.39 is 6.36 Å². The summed E-state index contributed by atoms with van der Waals surface area (Å²) in [6.45, 7) is 2.18. The van der Waals surface area contributed by atoms with Crippen molar-refractivity contribution in [1.82, 2.24) is 14.8 Å². The Labute approximate surface area is 154 Å². The third kappa shape index (κ3) is 4.99. The Morgan fingerprint density at radius 2 is 1.85 bits per heavy atom. The van der Waals surface area contributed by atoms with E-state index in [2.05, 4.69) is 14.8 Å². The van der Waals surface area contributed by atoms with E-state index >= 15 is 0 Å². The van der Waals surface area contributed by atoms with Gasteiger partial charge >= 0.3 is 12.3 Å². The third-order valence-electron chi connectivity index (χ3n) is 4.56. The first-order chi connectivity index (χ1) is 12.9. The first kappa shape index (κ1) is 19.2. The molecule has 0 radical (unpaired) electrons. The molecular formula is C18H20F3N3O3. The molecule has 2 aromatic rings. The first-order valence-corrected chi connectivity index (χ1v) is 8.80. The van der Waals surface area contributed by atoms with E-state index in [1.807, 2.05) is 0 Å². The molecule has 6 nitrogen and oxygen atoms in total. The Bertz CT molecular complexity index is 766. The lowest BCUT2D eigenvalue weighted by atomic mass is 9.82. The fraction of sp³-hybridized carbons (Fsp3) is 0.500. The van der Waals surface area contributed by atoms with Crippen molar-refractivity contribution >= 4 is 5.97 Å². The summed E-state index contributed by atoms with van der Waals surface area (Å²) in [6, 6.07) is 5.43. The Kier molecular flexibility index (Phi) is 5.67. The molecule has 1 aliphatic rings. The first-order valence-electron chi connectivity index (χ1n) is 8.80. The van der Waals surface area contributed by atoms with Crippen molar-refractivity contribution in [3.05, 3.63) is 36.4 Å². The smallest absolute Gasteiger partial charge is 0.466 e. The maximum absolute atomic E-state index is 12.2. The molecule has 0 unspecified atom stereocenters. The highest BCUT2D eigenvalue weighted by atomic mass is 19.4. The molecule has 0 bridgehead atoms. The normalized spacial score (nSPS) is 20.3. The predicted molar refractivity (Wildman–Crippen MR) is 89.4 cm³/mol. The number of hydrogen-bond donors (Lipinski definition) is 0. The van der Waals surface area contributed by atoms with Gasteiger partial charge in [0.05, 0.1) is 18.2 Å². The summed E-state index contributed by atoms with van der Waals surface area (Å²) in [5.74, 6) is 0.335. The maximum Gasteiger partial charge on any atom is 0.573 e. The monoisotopic (exact) mass is 383 g/mol. The van der Waals surface area contributed by atoms with Crippen LogP contribution in [0.25, 0.3) is 5.69 Å². The van der Waals surface area contributed by atoms with Gasteiger partial charge in [0.25, 0.3) is 0 Å². The summed E-state index contributed by atoms with van der Waals surface area (Å²) in [7, 11) is 0. The zero-order valence-electron chi connectivity index (χ0n) is 14.8. The summed E-state index contributed by atoms with van der Waals surface area (Å²) in [5.41, 5.74) is 0.587. The molecule has 0 aliphatic heterocycles. The molecule has 1 fully saturated rings. The van der Waals surface area contributed by atoms with E-state index in [4.69, 9.17) is 4.74 Å². The van der Waals surface area contributed by atoms with Gasteiger partial charge in [-0.05, 0) is 56.9 Å². The van der Waals surface area contributed by atoms with Gasteiger partial charge < -0.3 is 9.47 Å². The van der Waals surface area contributed by atoms with E-state index in [1.54, 1.807) is 6.92 Å². The van der Waals surface area contributed by atoms with Crippen LogP contribution in [0.15, 0.2) is 30.6 Å². The summed E-state index contributed by atoms with van der Waals surface area (Å²) < 4.78 is 47.1. The molecule has 0 saturated heterocycles. The summed E-state index contributed by atoms with van der Waals surface area (Å²) in [6.07, 6.45) is -0.114. The minimum Gasteiger partial charge on any atom is -0.466 e. The molecule has 27 heavy (non-hydrogen) atoms. The second-order valence-electron chi connectivity index (χ2n) is 6.39. The van der Waals surface area contributed by atoms with Crippen molar-refractivity contribution in [2.24, 2.45) is 5.92 Å². The quantitative estimate of drug-likeness (QED) is 0.730. The Morgan fingerprint density at radius 3 is 2.44 bits per heavy atom. The highest BCUT2D eigenvalue weighted by Crippen LogP contribution is 2.35. The molecule has 1 aliphatic carbocycles. The van der Waals surface area contributed by atoms with Crippen LogP contribution in [0.4, 0.5) is 13.2 Å². The maximum atomic E-state index is 12.2. The van der Waals surface area contributed by atoms with Crippen molar-refractivity contribution < 1.29 is 27.4 Å². The molecule has 1 aromatic heterocycles. The van der Waals surface area contributed by atoms with Crippen LogP contribution in [0, 0.1) is 5.92 Å². The SMILES string of the molecule is CCOC(=O)C1CCC(c2ncn(-c3ccc(OC(F)(F)F)cc3)n2)CC1. The second kappa shape index (κ2) is 7.98. The molecule has 1 aromatic carbocycles. The largest absolute Gasteiger partial charge is 0.573 e. The van der Waals surface area contributed by atoms with E-state index in [0.29, 0.717) is 18.1 Å². The zero-order valence-corrected chi connectivity index (χ0v) is 14.8. The molecule has 9 heteroatoms. The third-order valence-corrected chi connectivity index (χ3v) is 4.56. The average molecular weight is 383 g/mol. The topological polar surface area (TPSA) is 66.2 Å². The molecular weight excluding hydrogens is 363 g/mol. The molecule has 146 valence electrons. The van der Waals surface area contributed by atoms with Gasteiger partial charge in [-0.15, -0.1) is 13.2 Å². The van der Waals surface area contributed by atoms with Crippen molar-refractivity contribution in [1.29, 1.82) is 0 Å². The molecule has 0 spiro atoms. The second-order valence-corrected chi connectivity index (χ2v) is 6.39. The van der Waals surface area contributed by atoms with Crippen LogP contribution in [0.2, 0.25) is 0 Å². The van der Waals surface area contributed by atoms with Gasteiger partial charge in [0.2, 0.25) is 0 Å². The highest BCUT2D eigenvalue weighted by molar-refractivity contribution is 5.72. The molecule has 3 rings (SSSR count). The number of benzene rings is 1. The van der Waals surface area contributed by atoms with E-state index in [-0.39, 0.29) is 23.6 Å². The van der Waals surface area contributed by atoms with Crippen molar-refractivity contribution in [3.63, 3.8) is 0 Å². The average Bonchev–Trinajstić information content (AvgIpc) is 3.11. The van der Waals surface area contributed by atoms with Crippen molar-refractivity contribution in [3.8, 4) is 11.4 Å². The number of ether oxygens (including phenoxy) is 2. The van der Waals surface area contributed by atoms with Gasteiger partial charge in [-0.2, -0.15) is 5.10 Å². The summed E-state index contributed by atoms with van der Waals surface area (Å²) in [5, 5.41) is 4.44. The standard InChI is InChI=1S/C18H20F3N3O3/c1-2-26-17(25)13-5-3-12(4-6-13)16-22-11-24(23-16)14-7-9-15(10-8-14)27-18(19,20)21/h7-13H,2-6H2,1H3. The summed E-state index contributed by atoms with van der Waals surface area (Å²) >= 11 is 0. The molecule has 0 atom stereocenters. The van der Waals surface area contributed by atoms with Gasteiger partial charge in [-0.1, -0.05) is 0 Å². The number of carbonyl (C=O) groups is 1. The fourth-order valence-corrected chi connectivity index (χ4v) is 3.24. The number of aromatic nitrogens is 3. The van der Waals surface area contributed by atoms with Crippen LogP contribution in [-0.4, -0.2) is 33.7 Å². The van der Waals surface area contributed by atoms with Gasteiger partial charge in [0.15, 0.2) is 5.82 Å². The lowest BCUT2D eigenvalue weighted by molar-refractivity contribution is -0.274. The van der Waals surface area contributed by atoms with Crippen LogP contribution >= 0.6 is 0 Å². The lowest BCUT2D eigenvalue weighted by Gasteiger charge is -2.25. The van der Waals surface area contributed by atoms with Crippen LogP contribution in [0.5, 0.6) is 5.75 Å². The zero-order chi connectivity index (χ0) is 19.4. The number of carbonyl (C=O) groups excluding carboxylic acids is 1. The Hall–Kier alpha value is -2.58. The highest BCUT2D eigenvalue weighted by Gasteiger charge is 2.31. The van der Waals surface area contributed by atoms with Crippen molar-refractivity contribution in [2.45, 2.75) is 44.9 Å². The van der Waals surface area contributed by atoms with Crippen LogP contribution in [0.3, 0.4) is 0 Å². The minimum atomic E-state index is -4.72.